The fourth-order valence-corrected chi connectivity index (χ4v) is 5.42. The molecule has 22 heavy (non-hydrogen) atoms. The van der Waals surface area contributed by atoms with Crippen molar-refractivity contribution < 1.29 is 9.53 Å². The second kappa shape index (κ2) is 5.60. The van der Waals surface area contributed by atoms with E-state index in [0.717, 1.165) is 35.0 Å². The van der Waals surface area contributed by atoms with E-state index in [9.17, 15) is 4.79 Å². The monoisotopic (exact) mass is 299 g/mol. The van der Waals surface area contributed by atoms with E-state index in [1.54, 1.807) is 7.11 Å². The van der Waals surface area contributed by atoms with E-state index in [2.05, 4.69) is 5.32 Å². The Balaban J connectivity index is 1.42. The van der Waals surface area contributed by atoms with Gasteiger partial charge in [0.05, 0.1) is 13.5 Å². The number of nitrogens with one attached hydrogen (secondary N) is 1. The van der Waals surface area contributed by atoms with Crippen LogP contribution in [0.3, 0.4) is 0 Å². The molecule has 0 radical (unpaired) electrons. The van der Waals surface area contributed by atoms with Crippen molar-refractivity contribution in [1.82, 2.24) is 5.32 Å². The molecule has 5 rings (SSSR count). The Hall–Kier alpha value is -1.51. The molecule has 4 bridgehead atoms. The molecule has 0 unspecified atom stereocenters. The van der Waals surface area contributed by atoms with E-state index in [1.165, 1.54) is 32.1 Å². The van der Waals surface area contributed by atoms with Gasteiger partial charge in [0.25, 0.3) is 0 Å². The molecule has 0 spiro atoms. The van der Waals surface area contributed by atoms with E-state index < -0.39 is 0 Å². The lowest BCUT2D eigenvalue weighted by atomic mass is 9.54. The Kier molecular flexibility index (Phi) is 3.59. The smallest absolute Gasteiger partial charge is 0.224 e. The first-order valence-electron chi connectivity index (χ1n) is 8.64. The summed E-state index contributed by atoms with van der Waals surface area (Å²) in [4.78, 5) is 12.5. The fraction of sp³-hybridized carbons (Fsp3) is 0.632. The van der Waals surface area contributed by atoms with Gasteiger partial charge in [-0.3, -0.25) is 4.79 Å². The normalized spacial score (nSPS) is 35.4. The molecule has 1 aromatic carbocycles. The highest BCUT2D eigenvalue weighted by Crippen LogP contribution is 2.53. The minimum absolute atomic E-state index is 0.155. The van der Waals surface area contributed by atoms with Crippen molar-refractivity contribution >= 4 is 5.91 Å². The van der Waals surface area contributed by atoms with E-state index in [0.29, 0.717) is 12.5 Å². The molecule has 1 aromatic rings. The zero-order valence-electron chi connectivity index (χ0n) is 13.3. The summed E-state index contributed by atoms with van der Waals surface area (Å²) in [6.07, 6.45) is 7.24. The van der Waals surface area contributed by atoms with Gasteiger partial charge in [-0.2, -0.15) is 0 Å². The summed E-state index contributed by atoms with van der Waals surface area (Å²) in [5.41, 5.74) is 0.978. The predicted octanol–water partition coefficient (Wildman–Crippen LogP) is 3.18. The molecule has 4 aliphatic carbocycles. The van der Waals surface area contributed by atoms with Crippen molar-refractivity contribution in [3.05, 3.63) is 29.8 Å². The number of para-hydroxylation sites is 1. The number of amides is 1. The molecule has 0 heterocycles. The topological polar surface area (TPSA) is 38.3 Å². The lowest BCUT2D eigenvalue weighted by molar-refractivity contribution is -0.124. The maximum absolute atomic E-state index is 12.5. The van der Waals surface area contributed by atoms with Gasteiger partial charge in [0, 0.05) is 11.6 Å². The minimum Gasteiger partial charge on any atom is -0.496 e. The molecule has 118 valence electrons. The van der Waals surface area contributed by atoms with Gasteiger partial charge in [-0.05, 0) is 61.8 Å². The van der Waals surface area contributed by atoms with Gasteiger partial charge in [-0.1, -0.05) is 18.2 Å². The highest BCUT2D eigenvalue weighted by atomic mass is 16.5. The molecular weight excluding hydrogens is 274 g/mol. The molecule has 0 saturated heterocycles. The van der Waals surface area contributed by atoms with Crippen LogP contribution in [0.1, 0.15) is 37.7 Å². The van der Waals surface area contributed by atoms with E-state index in [4.69, 9.17) is 4.74 Å². The Morgan fingerprint density at radius 2 is 1.73 bits per heavy atom. The number of methoxy groups -OCH3 is 1. The quantitative estimate of drug-likeness (QED) is 0.927. The van der Waals surface area contributed by atoms with Crippen molar-refractivity contribution in [1.29, 1.82) is 0 Å². The first-order valence-corrected chi connectivity index (χ1v) is 8.64. The second-order valence-electron chi connectivity index (χ2n) is 7.51. The molecule has 1 N–H and O–H groups in total. The molecule has 1 amide bonds. The minimum atomic E-state index is 0.155. The van der Waals surface area contributed by atoms with Crippen LogP contribution in [-0.2, 0) is 11.2 Å². The molecule has 0 aliphatic heterocycles. The number of rotatable bonds is 4. The number of hydrogen-bond donors (Lipinski definition) is 1. The first kappa shape index (κ1) is 14.1. The number of hydrogen-bond acceptors (Lipinski definition) is 2. The van der Waals surface area contributed by atoms with Gasteiger partial charge < -0.3 is 10.1 Å². The van der Waals surface area contributed by atoms with E-state index in [1.807, 2.05) is 24.3 Å². The average molecular weight is 299 g/mol. The van der Waals surface area contributed by atoms with Crippen LogP contribution in [0.4, 0.5) is 0 Å². The van der Waals surface area contributed by atoms with Crippen LogP contribution >= 0.6 is 0 Å². The third-order valence-electron chi connectivity index (χ3n) is 6.10. The summed E-state index contributed by atoms with van der Waals surface area (Å²) in [5.74, 6) is 4.33. The van der Waals surface area contributed by atoms with Gasteiger partial charge in [-0.25, -0.2) is 0 Å². The van der Waals surface area contributed by atoms with Gasteiger partial charge in [0.2, 0.25) is 5.91 Å². The summed E-state index contributed by atoms with van der Waals surface area (Å²) in [6, 6.07) is 8.24. The van der Waals surface area contributed by atoms with Gasteiger partial charge in [-0.15, -0.1) is 0 Å². The molecule has 4 saturated carbocycles. The molecule has 3 heteroatoms. The van der Waals surface area contributed by atoms with Crippen molar-refractivity contribution in [3.63, 3.8) is 0 Å². The van der Waals surface area contributed by atoms with Crippen LogP contribution < -0.4 is 10.1 Å². The van der Waals surface area contributed by atoms with Crippen molar-refractivity contribution in [2.75, 3.05) is 7.11 Å². The molecular formula is C19H25NO2. The zero-order chi connectivity index (χ0) is 15.1. The van der Waals surface area contributed by atoms with Crippen molar-refractivity contribution in [2.45, 2.75) is 44.6 Å². The Labute approximate surface area is 132 Å². The van der Waals surface area contributed by atoms with Crippen molar-refractivity contribution in [3.8, 4) is 5.75 Å². The van der Waals surface area contributed by atoms with Crippen LogP contribution in [0.5, 0.6) is 5.75 Å². The van der Waals surface area contributed by atoms with Gasteiger partial charge in [0.15, 0.2) is 0 Å². The number of benzene rings is 1. The van der Waals surface area contributed by atoms with Crippen LogP contribution in [-0.4, -0.2) is 19.1 Å². The fourth-order valence-electron chi connectivity index (χ4n) is 5.42. The summed E-state index contributed by atoms with van der Waals surface area (Å²) in [6.45, 7) is 0. The van der Waals surface area contributed by atoms with E-state index >= 15 is 0 Å². The first-order chi connectivity index (χ1) is 10.7. The third kappa shape index (κ3) is 2.51. The van der Waals surface area contributed by atoms with Crippen LogP contribution in [0.2, 0.25) is 0 Å². The molecule has 3 nitrogen and oxygen atoms in total. The molecule has 4 aliphatic rings. The van der Waals surface area contributed by atoms with Crippen LogP contribution in [0.25, 0.3) is 0 Å². The zero-order valence-corrected chi connectivity index (χ0v) is 13.3. The van der Waals surface area contributed by atoms with Gasteiger partial charge >= 0.3 is 0 Å². The lowest BCUT2D eigenvalue weighted by Gasteiger charge is -2.54. The van der Waals surface area contributed by atoms with E-state index in [-0.39, 0.29) is 5.91 Å². The van der Waals surface area contributed by atoms with Crippen LogP contribution in [0.15, 0.2) is 24.3 Å². The number of ether oxygens (including phenoxy) is 1. The predicted molar refractivity (Wildman–Crippen MR) is 85.7 cm³/mol. The maximum Gasteiger partial charge on any atom is 0.224 e. The highest BCUT2D eigenvalue weighted by molar-refractivity contribution is 5.79. The Morgan fingerprint density at radius 3 is 2.36 bits per heavy atom. The molecule has 0 aromatic heterocycles. The Bertz CT molecular complexity index is 540. The molecule has 4 fully saturated rings. The Morgan fingerprint density at radius 1 is 1.09 bits per heavy atom. The van der Waals surface area contributed by atoms with Gasteiger partial charge in [0.1, 0.15) is 5.75 Å². The van der Waals surface area contributed by atoms with Crippen LogP contribution in [0, 0.1) is 23.7 Å². The molecule has 0 atom stereocenters. The summed E-state index contributed by atoms with van der Waals surface area (Å²) < 4.78 is 5.35. The highest BCUT2D eigenvalue weighted by Gasteiger charge is 2.48. The summed E-state index contributed by atoms with van der Waals surface area (Å²) >= 11 is 0. The number of carbonyl (C=O) groups excluding carboxylic acids is 1. The summed E-state index contributed by atoms with van der Waals surface area (Å²) in [5, 5.41) is 3.37. The average Bonchev–Trinajstić information content (AvgIpc) is 2.51. The second-order valence-corrected chi connectivity index (χ2v) is 7.51. The maximum atomic E-state index is 12.5. The standard InChI is InChI=1S/C19H25NO2/c1-22-17-5-3-2-4-14(17)11-18(21)20-19-15-7-12-6-13(9-15)10-16(19)8-12/h2-5,12-13,15-16,19H,6-11H2,1H3,(H,20,21). The lowest BCUT2D eigenvalue weighted by Crippen LogP contribution is -2.56. The number of carbonyl (C=O) groups is 1. The summed E-state index contributed by atoms with van der Waals surface area (Å²) in [7, 11) is 1.66. The third-order valence-corrected chi connectivity index (χ3v) is 6.10. The SMILES string of the molecule is COc1ccccc1CC(=O)NC1C2CC3CC(C2)CC1C3. The largest absolute Gasteiger partial charge is 0.496 e. The van der Waals surface area contributed by atoms with Crippen molar-refractivity contribution in [2.24, 2.45) is 23.7 Å².